The van der Waals surface area contributed by atoms with Gasteiger partial charge in [-0.3, -0.25) is 19.3 Å². The number of benzene rings is 3. The van der Waals surface area contributed by atoms with Gasteiger partial charge in [0.2, 0.25) is 11.8 Å². The van der Waals surface area contributed by atoms with Gasteiger partial charge < -0.3 is 15.1 Å². The lowest BCUT2D eigenvalue weighted by Gasteiger charge is -2.36. The summed E-state index contributed by atoms with van der Waals surface area (Å²) < 4.78 is 13.2. The standard InChI is InChI=1S/C32H31FN6O3S/c33-23-12-10-22(11-13-23)20-34-28(40)15-14-27-31(42)36-30-25-8-4-5-9-26(25)35-32(39(27)30)43-21-29(41)38-18-16-37(17-19-38)24-6-2-1-3-7-24/h1-13,27H,14-21H2,(H,34,40). The molecule has 1 saturated heterocycles. The summed E-state index contributed by atoms with van der Waals surface area (Å²) in [6.45, 7) is 3.05. The molecule has 0 saturated carbocycles. The zero-order valence-electron chi connectivity index (χ0n) is 23.5. The normalized spacial score (nSPS) is 17.7. The Balaban J connectivity index is 1.09. The number of hydrogen-bond acceptors (Lipinski definition) is 7. The second kappa shape index (κ2) is 12.8. The number of carbonyl (C=O) groups excluding carboxylic acids is 3. The molecule has 0 aromatic heterocycles. The van der Waals surface area contributed by atoms with Crippen LogP contribution in [0, 0.1) is 5.82 Å². The molecule has 220 valence electrons. The second-order valence-corrected chi connectivity index (χ2v) is 11.4. The molecule has 6 rings (SSSR count). The maximum absolute atomic E-state index is 13.2. The van der Waals surface area contributed by atoms with Crippen molar-refractivity contribution in [3.05, 3.63) is 95.8 Å². The van der Waals surface area contributed by atoms with Gasteiger partial charge in [0.15, 0.2) is 5.17 Å². The lowest BCUT2D eigenvalue weighted by atomic mass is 10.1. The minimum atomic E-state index is -0.698. The van der Waals surface area contributed by atoms with Crippen LogP contribution in [-0.4, -0.2) is 76.5 Å². The number of fused-ring (bicyclic) bond motifs is 3. The highest BCUT2D eigenvalue weighted by Gasteiger charge is 2.42. The third-order valence-electron chi connectivity index (χ3n) is 7.73. The number of rotatable bonds is 8. The molecular weight excluding hydrogens is 567 g/mol. The van der Waals surface area contributed by atoms with Crippen LogP contribution in [0.3, 0.4) is 0 Å². The summed E-state index contributed by atoms with van der Waals surface area (Å²) in [5.41, 5.74) is 3.36. The molecule has 1 N–H and O–H groups in total. The van der Waals surface area contributed by atoms with Crippen LogP contribution in [0.4, 0.5) is 15.8 Å². The maximum Gasteiger partial charge on any atom is 0.270 e. The minimum absolute atomic E-state index is 0.0139. The molecule has 0 radical (unpaired) electrons. The topological polar surface area (TPSA) is 97.7 Å². The molecule has 11 heteroatoms. The molecule has 3 aromatic carbocycles. The zero-order chi connectivity index (χ0) is 29.8. The molecule has 1 unspecified atom stereocenters. The van der Waals surface area contributed by atoms with Crippen molar-refractivity contribution in [2.24, 2.45) is 9.98 Å². The number of amides is 3. The highest BCUT2D eigenvalue weighted by molar-refractivity contribution is 8.14. The van der Waals surface area contributed by atoms with E-state index in [9.17, 15) is 18.8 Å². The van der Waals surface area contributed by atoms with Gasteiger partial charge in [0.25, 0.3) is 5.91 Å². The molecule has 1 fully saturated rings. The van der Waals surface area contributed by atoms with Gasteiger partial charge in [0.1, 0.15) is 17.7 Å². The fourth-order valence-corrected chi connectivity index (χ4v) is 6.36. The average molecular weight is 599 g/mol. The molecule has 3 heterocycles. The Kier molecular flexibility index (Phi) is 8.50. The van der Waals surface area contributed by atoms with Crippen LogP contribution in [0.1, 0.15) is 24.0 Å². The van der Waals surface area contributed by atoms with Crippen molar-refractivity contribution < 1.29 is 18.8 Å². The van der Waals surface area contributed by atoms with Crippen molar-refractivity contribution in [2.45, 2.75) is 25.4 Å². The smallest absolute Gasteiger partial charge is 0.270 e. The first-order valence-electron chi connectivity index (χ1n) is 14.3. The Morgan fingerprint density at radius 2 is 1.63 bits per heavy atom. The molecule has 0 aliphatic carbocycles. The first-order valence-corrected chi connectivity index (χ1v) is 15.3. The first kappa shape index (κ1) is 28.6. The van der Waals surface area contributed by atoms with Crippen molar-refractivity contribution in [3.63, 3.8) is 0 Å². The predicted molar refractivity (Wildman–Crippen MR) is 166 cm³/mol. The van der Waals surface area contributed by atoms with Crippen molar-refractivity contribution >= 4 is 51.9 Å². The molecule has 1 atom stereocenters. The van der Waals surface area contributed by atoms with Crippen LogP contribution in [0.25, 0.3) is 0 Å². The van der Waals surface area contributed by atoms with E-state index in [-0.39, 0.29) is 48.7 Å². The van der Waals surface area contributed by atoms with E-state index >= 15 is 0 Å². The van der Waals surface area contributed by atoms with Gasteiger partial charge in [-0.2, -0.15) is 4.99 Å². The Morgan fingerprint density at radius 3 is 2.40 bits per heavy atom. The van der Waals surface area contributed by atoms with Crippen LogP contribution in [-0.2, 0) is 20.9 Å². The molecule has 0 bridgehead atoms. The number of hydrogen-bond donors (Lipinski definition) is 1. The third kappa shape index (κ3) is 6.46. The number of aliphatic imine (C=N–C) groups is 2. The molecule has 43 heavy (non-hydrogen) atoms. The van der Waals surface area contributed by atoms with Crippen LogP contribution < -0.4 is 10.2 Å². The first-order chi connectivity index (χ1) is 21.0. The monoisotopic (exact) mass is 598 g/mol. The largest absolute Gasteiger partial charge is 0.368 e. The summed E-state index contributed by atoms with van der Waals surface area (Å²) in [6, 6.07) is 22.9. The van der Waals surface area contributed by atoms with Crippen molar-refractivity contribution in [1.29, 1.82) is 0 Å². The van der Waals surface area contributed by atoms with Crippen molar-refractivity contribution in [1.82, 2.24) is 15.1 Å². The van der Waals surface area contributed by atoms with Gasteiger partial charge >= 0.3 is 0 Å². The number of nitrogens with zero attached hydrogens (tertiary/aromatic N) is 5. The molecule has 3 aliphatic rings. The van der Waals surface area contributed by atoms with E-state index in [1.165, 1.54) is 23.9 Å². The summed E-state index contributed by atoms with van der Waals surface area (Å²) in [7, 11) is 0. The minimum Gasteiger partial charge on any atom is -0.368 e. The number of carbonyl (C=O) groups is 3. The number of piperazine rings is 1. The third-order valence-corrected chi connectivity index (χ3v) is 8.67. The van der Waals surface area contributed by atoms with Gasteiger partial charge in [0, 0.05) is 50.4 Å². The van der Waals surface area contributed by atoms with Crippen LogP contribution in [0.2, 0.25) is 0 Å². The Labute approximate surface area is 253 Å². The Hall–Kier alpha value is -4.51. The molecule has 9 nitrogen and oxygen atoms in total. The van der Waals surface area contributed by atoms with Crippen LogP contribution in [0.5, 0.6) is 0 Å². The van der Waals surface area contributed by atoms with Gasteiger partial charge in [-0.1, -0.05) is 54.2 Å². The van der Waals surface area contributed by atoms with Gasteiger partial charge in [-0.05, 0) is 48.4 Å². The van der Waals surface area contributed by atoms with E-state index in [0.717, 1.165) is 29.9 Å². The summed E-state index contributed by atoms with van der Waals surface area (Å²) in [5, 5.41) is 3.35. The number of amidine groups is 2. The lowest BCUT2D eigenvalue weighted by Crippen LogP contribution is -2.49. The maximum atomic E-state index is 13.2. The lowest BCUT2D eigenvalue weighted by molar-refractivity contribution is -0.128. The quantitative estimate of drug-likeness (QED) is 0.422. The number of para-hydroxylation sites is 2. The number of nitrogens with one attached hydrogen (secondary N) is 1. The molecule has 3 aromatic rings. The van der Waals surface area contributed by atoms with Crippen LogP contribution >= 0.6 is 11.8 Å². The van der Waals surface area contributed by atoms with E-state index in [0.29, 0.717) is 29.8 Å². The zero-order valence-corrected chi connectivity index (χ0v) is 24.3. The summed E-state index contributed by atoms with van der Waals surface area (Å²) >= 11 is 1.29. The van der Waals surface area contributed by atoms with E-state index in [1.54, 1.807) is 17.0 Å². The highest BCUT2D eigenvalue weighted by atomic mass is 32.2. The van der Waals surface area contributed by atoms with Crippen molar-refractivity contribution in [3.8, 4) is 0 Å². The summed E-state index contributed by atoms with van der Waals surface area (Å²) in [6.07, 6.45) is 0.333. The molecule has 3 aliphatic heterocycles. The van der Waals surface area contributed by atoms with Gasteiger partial charge in [-0.15, -0.1) is 0 Å². The number of thioether (sulfide) groups is 1. The van der Waals surface area contributed by atoms with Gasteiger partial charge in [-0.25, -0.2) is 9.38 Å². The Morgan fingerprint density at radius 1 is 0.907 bits per heavy atom. The highest BCUT2D eigenvalue weighted by Crippen LogP contribution is 2.35. The van der Waals surface area contributed by atoms with Crippen LogP contribution in [0.15, 0.2) is 88.8 Å². The Bertz CT molecular complexity index is 1570. The summed E-state index contributed by atoms with van der Waals surface area (Å²) in [4.78, 5) is 54.1. The fourth-order valence-electron chi connectivity index (χ4n) is 5.41. The van der Waals surface area contributed by atoms with E-state index in [4.69, 9.17) is 4.99 Å². The number of anilines is 1. The van der Waals surface area contributed by atoms with E-state index in [1.807, 2.05) is 47.4 Å². The average Bonchev–Trinajstić information content (AvgIpc) is 3.38. The molecule has 3 amide bonds. The second-order valence-electron chi connectivity index (χ2n) is 10.5. The SMILES string of the molecule is O=C(CCC1C(=O)N=C2c3ccccc3N=C(SCC(=O)N3CCN(c4ccccc4)CC3)N21)NCc1ccc(F)cc1. The fraction of sp³-hybridized carbons (Fsp3) is 0.281. The van der Waals surface area contributed by atoms with Gasteiger partial charge in [0.05, 0.1) is 11.4 Å². The number of halogens is 1. The molecule has 0 spiro atoms. The molecular formula is C32H31FN6O3S. The van der Waals surface area contributed by atoms with Crippen molar-refractivity contribution in [2.75, 3.05) is 36.8 Å². The van der Waals surface area contributed by atoms with E-state index < -0.39 is 6.04 Å². The van der Waals surface area contributed by atoms with E-state index in [2.05, 4.69) is 27.3 Å². The summed E-state index contributed by atoms with van der Waals surface area (Å²) in [5.74, 6) is -0.210. The predicted octanol–water partition coefficient (Wildman–Crippen LogP) is 3.96.